The van der Waals surface area contributed by atoms with Crippen molar-refractivity contribution < 1.29 is 0 Å². The third-order valence-electron chi connectivity index (χ3n) is 3.94. The molecule has 0 amide bonds. The van der Waals surface area contributed by atoms with E-state index in [2.05, 4.69) is 42.6 Å². The maximum atomic E-state index is 4.34. The Hall–Kier alpha value is -0.830. The first-order valence-corrected chi connectivity index (χ1v) is 7.19. The molecule has 1 fully saturated rings. The van der Waals surface area contributed by atoms with E-state index in [0.717, 1.165) is 13.1 Å². The molecular formula is C15H27N3. The zero-order valence-electron chi connectivity index (χ0n) is 12.2. The van der Waals surface area contributed by atoms with Gasteiger partial charge in [-0.1, -0.05) is 27.7 Å². The van der Waals surface area contributed by atoms with Crippen LogP contribution in [0.1, 0.15) is 58.7 Å². The fourth-order valence-electron chi connectivity index (χ4n) is 2.92. The molecule has 1 N–H and O–H groups in total. The van der Waals surface area contributed by atoms with Crippen molar-refractivity contribution in [1.29, 1.82) is 0 Å². The Bertz CT molecular complexity index is 379. The molecule has 2 rings (SSSR count). The first-order valence-electron chi connectivity index (χ1n) is 7.19. The van der Waals surface area contributed by atoms with E-state index in [0.29, 0.717) is 17.4 Å². The summed E-state index contributed by atoms with van der Waals surface area (Å²) in [4.78, 5) is 4.34. The first-order chi connectivity index (χ1) is 8.48. The Kier molecular flexibility index (Phi) is 4.10. The summed E-state index contributed by atoms with van der Waals surface area (Å²) in [7, 11) is 0. The van der Waals surface area contributed by atoms with Crippen LogP contribution in [0.4, 0.5) is 0 Å². The summed E-state index contributed by atoms with van der Waals surface area (Å²) in [5.41, 5.74) is 1.83. The summed E-state index contributed by atoms with van der Waals surface area (Å²) in [6.45, 7) is 11.2. The van der Waals surface area contributed by atoms with Crippen LogP contribution in [-0.2, 0) is 6.54 Å². The van der Waals surface area contributed by atoms with E-state index in [1.54, 1.807) is 0 Å². The minimum atomic E-state index is 0.498. The van der Waals surface area contributed by atoms with E-state index in [1.165, 1.54) is 25.0 Å². The Morgan fingerprint density at radius 2 is 2.28 bits per heavy atom. The summed E-state index contributed by atoms with van der Waals surface area (Å²) >= 11 is 0. The van der Waals surface area contributed by atoms with Crippen molar-refractivity contribution in [2.75, 3.05) is 6.54 Å². The van der Waals surface area contributed by atoms with Gasteiger partial charge in [0.15, 0.2) is 0 Å². The number of aromatic nitrogens is 2. The van der Waals surface area contributed by atoms with Crippen molar-refractivity contribution >= 4 is 0 Å². The maximum absolute atomic E-state index is 4.34. The van der Waals surface area contributed by atoms with E-state index < -0.39 is 0 Å². The van der Waals surface area contributed by atoms with Crippen LogP contribution in [0.25, 0.3) is 0 Å². The molecule has 1 aliphatic carbocycles. The van der Waals surface area contributed by atoms with Crippen molar-refractivity contribution in [1.82, 2.24) is 14.9 Å². The number of hydrogen-bond acceptors (Lipinski definition) is 2. The molecule has 102 valence electrons. The normalized spacial score (nSPS) is 22.8. The molecular weight excluding hydrogens is 222 g/mol. The summed E-state index contributed by atoms with van der Waals surface area (Å²) in [5.74, 6) is 0.701. The molecule has 0 aromatic carbocycles. The van der Waals surface area contributed by atoms with Crippen LogP contribution >= 0.6 is 0 Å². The van der Waals surface area contributed by atoms with E-state index in [9.17, 15) is 0 Å². The van der Waals surface area contributed by atoms with Gasteiger partial charge in [0.2, 0.25) is 0 Å². The molecule has 3 nitrogen and oxygen atoms in total. The van der Waals surface area contributed by atoms with Crippen LogP contribution in [-0.4, -0.2) is 16.1 Å². The molecule has 1 atom stereocenters. The lowest BCUT2D eigenvalue weighted by Crippen LogP contribution is -2.21. The Morgan fingerprint density at radius 1 is 1.50 bits per heavy atom. The SMILES string of the molecule is CC(C)CNCc1cncn1C1CCC(C)(C)C1. The zero-order valence-corrected chi connectivity index (χ0v) is 12.2. The molecule has 0 radical (unpaired) electrons. The fraction of sp³-hybridized carbons (Fsp3) is 0.800. The molecule has 0 spiro atoms. The van der Waals surface area contributed by atoms with Crippen LogP contribution in [0.3, 0.4) is 0 Å². The average molecular weight is 249 g/mol. The second kappa shape index (κ2) is 5.43. The minimum absolute atomic E-state index is 0.498. The number of nitrogens with one attached hydrogen (secondary N) is 1. The third kappa shape index (κ3) is 3.35. The number of hydrogen-bond donors (Lipinski definition) is 1. The summed E-state index contributed by atoms with van der Waals surface area (Å²) in [6.07, 6.45) is 7.92. The quantitative estimate of drug-likeness (QED) is 0.867. The van der Waals surface area contributed by atoms with Crippen molar-refractivity contribution in [3.8, 4) is 0 Å². The van der Waals surface area contributed by atoms with Gasteiger partial charge in [-0.2, -0.15) is 0 Å². The largest absolute Gasteiger partial charge is 0.330 e. The molecule has 0 saturated heterocycles. The third-order valence-corrected chi connectivity index (χ3v) is 3.94. The van der Waals surface area contributed by atoms with Gasteiger partial charge in [-0.15, -0.1) is 0 Å². The smallest absolute Gasteiger partial charge is 0.0951 e. The number of imidazole rings is 1. The molecule has 1 aromatic rings. The zero-order chi connectivity index (χ0) is 13.2. The van der Waals surface area contributed by atoms with Gasteiger partial charge in [-0.05, 0) is 37.1 Å². The molecule has 3 heteroatoms. The lowest BCUT2D eigenvalue weighted by Gasteiger charge is -2.19. The predicted molar refractivity (Wildman–Crippen MR) is 75.4 cm³/mol. The second-order valence-electron chi connectivity index (χ2n) is 6.88. The molecule has 1 unspecified atom stereocenters. The highest BCUT2D eigenvalue weighted by Gasteiger charge is 2.32. The van der Waals surface area contributed by atoms with Crippen molar-refractivity contribution in [3.63, 3.8) is 0 Å². The minimum Gasteiger partial charge on any atom is -0.330 e. The van der Waals surface area contributed by atoms with Crippen LogP contribution in [0.5, 0.6) is 0 Å². The molecule has 1 heterocycles. The highest BCUT2D eigenvalue weighted by molar-refractivity contribution is 5.02. The molecule has 1 aromatic heterocycles. The highest BCUT2D eigenvalue weighted by Crippen LogP contribution is 2.43. The lowest BCUT2D eigenvalue weighted by atomic mass is 9.92. The van der Waals surface area contributed by atoms with Gasteiger partial charge in [-0.3, -0.25) is 0 Å². The Balaban J connectivity index is 1.96. The van der Waals surface area contributed by atoms with Crippen molar-refractivity contribution in [3.05, 3.63) is 18.2 Å². The monoisotopic (exact) mass is 249 g/mol. The van der Waals surface area contributed by atoms with Crippen LogP contribution in [0.2, 0.25) is 0 Å². The molecule has 0 bridgehead atoms. The molecule has 1 aliphatic rings. The summed E-state index contributed by atoms with van der Waals surface area (Å²) in [5, 5.41) is 3.51. The van der Waals surface area contributed by atoms with Crippen molar-refractivity contribution in [2.45, 2.75) is 59.5 Å². The van der Waals surface area contributed by atoms with Crippen molar-refractivity contribution in [2.24, 2.45) is 11.3 Å². The van der Waals surface area contributed by atoms with E-state index in [1.807, 2.05) is 12.5 Å². The first kappa shape index (κ1) is 13.6. The maximum Gasteiger partial charge on any atom is 0.0951 e. The van der Waals surface area contributed by atoms with E-state index in [4.69, 9.17) is 0 Å². The van der Waals surface area contributed by atoms with Gasteiger partial charge in [0.1, 0.15) is 0 Å². The predicted octanol–water partition coefficient (Wildman–Crippen LogP) is 3.38. The fourth-order valence-corrected chi connectivity index (χ4v) is 2.92. The standard InChI is InChI=1S/C15H27N3/c1-12(2)8-16-9-14-10-17-11-18(14)13-5-6-15(3,4)7-13/h10-13,16H,5-9H2,1-4H3. The van der Waals surface area contributed by atoms with Gasteiger partial charge < -0.3 is 9.88 Å². The molecule has 1 saturated carbocycles. The molecule has 18 heavy (non-hydrogen) atoms. The highest BCUT2D eigenvalue weighted by atomic mass is 15.1. The van der Waals surface area contributed by atoms with Crippen LogP contribution in [0, 0.1) is 11.3 Å². The van der Waals surface area contributed by atoms with Gasteiger partial charge in [-0.25, -0.2) is 4.98 Å². The lowest BCUT2D eigenvalue weighted by molar-refractivity contribution is 0.355. The van der Waals surface area contributed by atoms with E-state index in [-0.39, 0.29) is 0 Å². The number of rotatable bonds is 5. The summed E-state index contributed by atoms with van der Waals surface area (Å²) in [6, 6.07) is 0.651. The van der Waals surface area contributed by atoms with Crippen LogP contribution < -0.4 is 5.32 Å². The van der Waals surface area contributed by atoms with Gasteiger partial charge in [0, 0.05) is 18.8 Å². The van der Waals surface area contributed by atoms with Gasteiger partial charge >= 0.3 is 0 Å². The average Bonchev–Trinajstić information content (AvgIpc) is 2.84. The second-order valence-corrected chi connectivity index (χ2v) is 6.88. The number of nitrogens with zero attached hydrogens (tertiary/aromatic N) is 2. The van der Waals surface area contributed by atoms with Crippen LogP contribution in [0.15, 0.2) is 12.5 Å². The van der Waals surface area contributed by atoms with Gasteiger partial charge in [0.05, 0.1) is 12.0 Å². The topological polar surface area (TPSA) is 29.9 Å². The summed E-state index contributed by atoms with van der Waals surface area (Å²) < 4.78 is 2.39. The van der Waals surface area contributed by atoms with Gasteiger partial charge in [0.25, 0.3) is 0 Å². The molecule has 0 aliphatic heterocycles. The van der Waals surface area contributed by atoms with E-state index >= 15 is 0 Å². The Labute approximate surface area is 111 Å². The Morgan fingerprint density at radius 3 is 2.89 bits per heavy atom.